The van der Waals surface area contributed by atoms with Crippen LogP contribution < -0.4 is 9.47 Å². The van der Waals surface area contributed by atoms with Crippen molar-refractivity contribution >= 4 is 5.78 Å². The average Bonchev–Trinajstić information content (AvgIpc) is 2.77. The molecule has 1 N–H and O–H groups in total. The molecule has 3 aliphatic rings. The molecule has 1 aliphatic heterocycles. The predicted octanol–water partition coefficient (Wildman–Crippen LogP) is 1.53. The maximum absolute atomic E-state index is 12.2. The second-order valence-corrected chi connectivity index (χ2v) is 5.99. The Labute approximate surface area is 117 Å². The second kappa shape index (κ2) is 3.44. The zero-order chi connectivity index (χ0) is 14.1. The molecule has 0 amide bonds. The van der Waals surface area contributed by atoms with Gasteiger partial charge >= 0.3 is 0 Å². The number of aryl methyl sites for hydroxylation is 1. The van der Waals surface area contributed by atoms with E-state index in [1.54, 1.807) is 13.2 Å². The fraction of sp³-hybridized carbons (Fsp3) is 0.438. The third-order valence-electron chi connectivity index (χ3n) is 5.16. The number of benzene rings is 1. The van der Waals surface area contributed by atoms with Crippen LogP contribution in [0.25, 0.3) is 0 Å². The molecule has 0 radical (unpaired) electrons. The normalized spacial score (nSPS) is 36.5. The Morgan fingerprint density at radius 3 is 3.00 bits per heavy atom. The van der Waals surface area contributed by atoms with E-state index in [0.717, 1.165) is 17.5 Å². The summed E-state index contributed by atoms with van der Waals surface area (Å²) < 4.78 is 11.3. The number of carbonyl (C=O) groups excluding carboxylic acids is 1. The summed E-state index contributed by atoms with van der Waals surface area (Å²) in [6, 6.07) is 3.88. The molecule has 1 aromatic carbocycles. The molecule has 20 heavy (non-hydrogen) atoms. The molecule has 104 valence electrons. The van der Waals surface area contributed by atoms with Gasteiger partial charge in [0.2, 0.25) is 0 Å². The van der Waals surface area contributed by atoms with E-state index in [1.165, 1.54) is 6.08 Å². The molecule has 4 rings (SSSR count). The second-order valence-electron chi connectivity index (χ2n) is 5.99. The molecule has 0 bridgehead atoms. The van der Waals surface area contributed by atoms with Crippen LogP contribution in [0.15, 0.2) is 24.3 Å². The van der Waals surface area contributed by atoms with E-state index in [-0.39, 0.29) is 5.78 Å². The average molecular weight is 272 g/mol. The van der Waals surface area contributed by atoms with E-state index in [1.807, 2.05) is 19.1 Å². The number of ketones is 1. The highest BCUT2D eigenvalue weighted by Gasteiger charge is 2.64. The minimum absolute atomic E-state index is 0.0942. The fourth-order valence-electron chi connectivity index (χ4n) is 3.96. The van der Waals surface area contributed by atoms with Gasteiger partial charge in [0.25, 0.3) is 0 Å². The van der Waals surface area contributed by atoms with Gasteiger partial charge in [-0.05, 0) is 43.5 Å². The number of rotatable bonds is 1. The molecule has 0 spiro atoms. The third kappa shape index (κ3) is 1.10. The summed E-state index contributed by atoms with van der Waals surface area (Å²) in [4.78, 5) is 12.2. The van der Waals surface area contributed by atoms with E-state index in [9.17, 15) is 9.90 Å². The SMILES string of the molecule is COc1ccc2c3c1OC1C(=O)C=C[C@@](O)(CC2)[C@@]31C. The Bertz CT molecular complexity index is 663. The lowest BCUT2D eigenvalue weighted by molar-refractivity contribution is -0.131. The summed E-state index contributed by atoms with van der Waals surface area (Å²) in [5, 5.41) is 11.0. The smallest absolute Gasteiger partial charge is 0.196 e. The molecule has 1 unspecified atom stereocenters. The van der Waals surface area contributed by atoms with Crippen LogP contribution in [0, 0.1) is 0 Å². The minimum atomic E-state index is -1.03. The van der Waals surface area contributed by atoms with Crippen LogP contribution in [-0.2, 0) is 16.6 Å². The maximum Gasteiger partial charge on any atom is 0.196 e. The zero-order valence-corrected chi connectivity index (χ0v) is 11.5. The van der Waals surface area contributed by atoms with Crippen LogP contribution in [0.3, 0.4) is 0 Å². The van der Waals surface area contributed by atoms with E-state index in [4.69, 9.17) is 9.47 Å². The minimum Gasteiger partial charge on any atom is -0.493 e. The Morgan fingerprint density at radius 1 is 1.45 bits per heavy atom. The lowest BCUT2D eigenvalue weighted by Crippen LogP contribution is -2.61. The van der Waals surface area contributed by atoms with Gasteiger partial charge in [0.05, 0.1) is 18.1 Å². The molecule has 0 saturated heterocycles. The van der Waals surface area contributed by atoms with Crippen LogP contribution in [-0.4, -0.2) is 29.7 Å². The highest BCUT2D eigenvalue weighted by atomic mass is 16.5. The van der Waals surface area contributed by atoms with E-state index >= 15 is 0 Å². The lowest BCUT2D eigenvalue weighted by atomic mass is 9.57. The fourth-order valence-corrected chi connectivity index (χ4v) is 3.96. The molecule has 0 fully saturated rings. The first-order chi connectivity index (χ1) is 9.51. The number of ether oxygens (including phenoxy) is 2. The van der Waals surface area contributed by atoms with Crippen LogP contribution in [0.5, 0.6) is 11.5 Å². The van der Waals surface area contributed by atoms with Crippen molar-refractivity contribution in [3.63, 3.8) is 0 Å². The summed E-state index contributed by atoms with van der Waals surface area (Å²) in [6.45, 7) is 1.92. The van der Waals surface area contributed by atoms with Gasteiger partial charge in [-0.1, -0.05) is 6.07 Å². The predicted molar refractivity (Wildman–Crippen MR) is 72.2 cm³/mol. The zero-order valence-electron chi connectivity index (χ0n) is 11.5. The summed E-state index contributed by atoms with van der Waals surface area (Å²) >= 11 is 0. The van der Waals surface area contributed by atoms with Crippen molar-refractivity contribution in [3.05, 3.63) is 35.4 Å². The van der Waals surface area contributed by atoms with Gasteiger partial charge in [-0.3, -0.25) is 4.79 Å². The first-order valence-corrected chi connectivity index (χ1v) is 6.84. The maximum atomic E-state index is 12.2. The van der Waals surface area contributed by atoms with E-state index in [0.29, 0.717) is 17.9 Å². The van der Waals surface area contributed by atoms with Crippen molar-refractivity contribution in [1.29, 1.82) is 0 Å². The van der Waals surface area contributed by atoms with Crippen LogP contribution >= 0.6 is 0 Å². The molecule has 2 aliphatic carbocycles. The molecule has 4 heteroatoms. The molecule has 0 aromatic heterocycles. The van der Waals surface area contributed by atoms with E-state index < -0.39 is 17.1 Å². The molecule has 3 atom stereocenters. The molecule has 4 nitrogen and oxygen atoms in total. The Kier molecular flexibility index (Phi) is 2.06. The molecule has 1 aromatic rings. The van der Waals surface area contributed by atoms with Crippen LogP contribution in [0.1, 0.15) is 24.5 Å². The van der Waals surface area contributed by atoms with E-state index in [2.05, 4.69) is 0 Å². The number of hydrogen-bond donors (Lipinski definition) is 1. The highest BCUT2D eigenvalue weighted by molar-refractivity contribution is 5.98. The largest absolute Gasteiger partial charge is 0.493 e. The van der Waals surface area contributed by atoms with Crippen molar-refractivity contribution in [2.75, 3.05) is 7.11 Å². The van der Waals surface area contributed by atoms with Gasteiger partial charge < -0.3 is 14.6 Å². The topological polar surface area (TPSA) is 55.8 Å². The van der Waals surface area contributed by atoms with Crippen molar-refractivity contribution < 1.29 is 19.4 Å². The number of aliphatic hydroxyl groups is 1. The van der Waals surface area contributed by atoms with Gasteiger partial charge in [0.15, 0.2) is 23.4 Å². The van der Waals surface area contributed by atoms with Crippen LogP contribution in [0.2, 0.25) is 0 Å². The Balaban J connectivity index is 2.07. The number of methoxy groups -OCH3 is 1. The lowest BCUT2D eigenvalue weighted by Gasteiger charge is -2.48. The van der Waals surface area contributed by atoms with Crippen LogP contribution in [0.4, 0.5) is 0 Å². The summed E-state index contributed by atoms with van der Waals surface area (Å²) in [6.07, 6.45) is 3.81. The van der Waals surface area contributed by atoms with Gasteiger partial charge in [0, 0.05) is 5.56 Å². The first-order valence-electron chi connectivity index (χ1n) is 6.84. The van der Waals surface area contributed by atoms with Gasteiger partial charge in [-0.2, -0.15) is 0 Å². The van der Waals surface area contributed by atoms with Crippen molar-refractivity contribution in [2.24, 2.45) is 0 Å². The molecular formula is C16H16O4. The van der Waals surface area contributed by atoms with Crippen molar-refractivity contribution in [1.82, 2.24) is 0 Å². The Hall–Kier alpha value is -1.81. The number of hydrogen-bond acceptors (Lipinski definition) is 4. The molecule has 0 saturated carbocycles. The number of carbonyl (C=O) groups is 1. The van der Waals surface area contributed by atoms with Crippen molar-refractivity contribution in [3.8, 4) is 11.5 Å². The standard InChI is InChI=1S/C16H16O4/c1-15-12-9-3-4-11(19-2)13(12)20-14(15)10(17)6-8-16(15,18)7-5-9/h3-4,6,8,14,18H,5,7H2,1-2H3/t14?,15-,16-/m0/s1. The quantitative estimate of drug-likeness (QED) is 0.842. The van der Waals surface area contributed by atoms with Gasteiger partial charge in [0.1, 0.15) is 0 Å². The molecule has 1 heterocycles. The summed E-state index contributed by atoms with van der Waals surface area (Å²) in [7, 11) is 1.58. The summed E-state index contributed by atoms with van der Waals surface area (Å²) in [5.41, 5.74) is 0.318. The molecular weight excluding hydrogens is 256 g/mol. The summed E-state index contributed by atoms with van der Waals surface area (Å²) in [5.74, 6) is 1.15. The third-order valence-corrected chi connectivity index (χ3v) is 5.16. The Morgan fingerprint density at radius 2 is 2.25 bits per heavy atom. The van der Waals surface area contributed by atoms with Gasteiger partial charge in [-0.25, -0.2) is 0 Å². The highest BCUT2D eigenvalue weighted by Crippen LogP contribution is 2.59. The van der Waals surface area contributed by atoms with Crippen molar-refractivity contribution in [2.45, 2.75) is 36.9 Å². The first kappa shape index (κ1) is 12.0. The van der Waals surface area contributed by atoms with Gasteiger partial charge in [-0.15, -0.1) is 0 Å². The monoisotopic (exact) mass is 272 g/mol.